The molecule has 0 spiro atoms. The van der Waals surface area contributed by atoms with Crippen LogP contribution >= 0.6 is 0 Å². The van der Waals surface area contributed by atoms with Crippen LogP contribution in [0.2, 0.25) is 0 Å². The molecule has 0 radical (unpaired) electrons. The van der Waals surface area contributed by atoms with Crippen LogP contribution in [0.15, 0.2) is 54.6 Å². The summed E-state index contributed by atoms with van der Waals surface area (Å²) >= 11 is 0. The number of rotatable bonds is 9. The third kappa shape index (κ3) is 6.70. The van der Waals surface area contributed by atoms with Gasteiger partial charge in [-0.05, 0) is 37.4 Å². The predicted octanol–water partition coefficient (Wildman–Crippen LogP) is 2.25. The number of nitrogens with zero attached hydrogens (tertiary/aromatic N) is 1. The van der Waals surface area contributed by atoms with Crippen LogP contribution in [0.5, 0.6) is 5.75 Å². The first-order chi connectivity index (χ1) is 11.4. The van der Waals surface area contributed by atoms with Crippen molar-refractivity contribution in [1.82, 2.24) is 9.62 Å². The lowest BCUT2D eigenvalue weighted by molar-refractivity contribution is 0.261. The fraction of sp³-hybridized carbons (Fsp3) is 0.333. The van der Waals surface area contributed by atoms with E-state index in [2.05, 4.69) is 9.62 Å². The molecule has 2 aromatic rings. The molecule has 0 unspecified atom stereocenters. The molecule has 0 aliphatic carbocycles. The molecule has 5 nitrogen and oxygen atoms in total. The third-order valence-corrected chi connectivity index (χ3v) is 4.72. The first-order valence-corrected chi connectivity index (χ1v) is 9.47. The maximum absolute atomic E-state index is 12.1. The Morgan fingerprint density at radius 2 is 1.62 bits per heavy atom. The Hall–Kier alpha value is -1.89. The minimum absolute atomic E-state index is 0.0143. The van der Waals surface area contributed by atoms with Gasteiger partial charge in [0.25, 0.3) is 0 Å². The smallest absolute Gasteiger partial charge is 0.216 e. The summed E-state index contributed by atoms with van der Waals surface area (Å²) in [6.07, 6.45) is 0. The molecule has 0 fully saturated rings. The summed E-state index contributed by atoms with van der Waals surface area (Å²) in [5.41, 5.74) is 1.67. The molecule has 130 valence electrons. The Bertz CT molecular complexity index is 714. The zero-order chi connectivity index (χ0) is 17.4. The molecule has 2 aromatic carbocycles. The Balaban J connectivity index is 1.83. The van der Waals surface area contributed by atoms with E-state index in [1.54, 1.807) is 12.1 Å². The normalized spacial score (nSPS) is 11.6. The van der Waals surface area contributed by atoms with E-state index < -0.39 is 10.0 Å². The summed E-state index contributed by atoms with van der Waals surface area (Å²) in [5.74, 6) is 0.771. The number of hydrogen-bond donors (Lipinski definition) is 1. The monoisotopic (exact) mass is 348 g/mol. The highest BCUT2D eigenvalue weighted by Crippen LogP contribution is 2.12. The van der Waals surface area contributed by atoms with Gasteiger partial charge in [-0.2, -0.15) is 0 Å². The zero-order valence-electron chi connectivity index (χ0n) is 14.1. The first-order valence-electron chi connectivity index (χ1n) is 7.82. The summed E-state index contributed by atoms with van der Waals surface area (Å²) in [4.78, 5) is 2.05. The van der Waals surface area contributed by atoms with Crippen LogP contribution in [-0.2, 0) is 22.3 Å². The Labute approximate surface area is 144 Å². The number of benzene rings is 2. The molecular weight excluding hydrogens is 324 g/mol. The molecule has 0 saturated heterocycles. The van der Waals surface area contributed by atoms with Gasteiger partial charge in [-0.15, -0.1) is 0 Å². The van der Waals surface area contributed by atoms with Gasteiger partial charge in [0.15, 0.2) is 0 Å². The molecule has 24 heavy (non-hydrogen) atoms. The predicted molar refractivity (Wildman–Crippen MR) is 96.4 cm³/mol. The van der Waals surface area contributed by atoms with E-state index in [0.29, 0.717) is 6.61 Å². The van der Waals surface area contributed by atoms with E-state index in [1.165, 1.54) is 0 Å². The Morgan fingerprint density at radius 1 is 0.958 bits per heavy atom. The fourth-order valence-electron chi connectivity index (χ4n) is 2.09. The van der Waals surface area contributed by atoms with Gasteiger partial charge in [0.2, 0.25) is 10.0 Å². The number of hydrogen-bond acceptors (Lipinski definition) is 4. The molecule has 0 aliphatic heterocycles. The van der Waals surface area contributed by atoms with Crippen LogP contribution in [0, 0.1) is 0 Å². The molecule has 0 aliphatic rings. The van der Waals surface area contributed by atoms with Gasteiger partial charge in [-0.3, -0.25) is 0 Å². The molecular formula is C18H24N2O3S. The van der Waals surface area contributed by atoms with E-state index >= 15 is 0 Å². The van der Waals surface area contributed by atoms with Crippen molar-refractivity contribution in [3.8, 4) is 5.75 Å². The minimum atomic E-state index is -3.35. The highest BCUT2D eigenvalue weighted by atomic mass is 32.2. The maximum atomic E-state index is 12.1. The summed E-state index contributed by atoms with van der Waals surface area (Å²) in [7, 11) is 0.635. The number of sulfonamides is 1. The van der Waals surface area contributed by atoms with Crippen LogP contribution in [0.4, 0.5) is 0 Å². The van der Waals surface area contributed by atoms with Gasteiger partial charge < -0.3 is 9.64 Å². The van der Waals surface area contributed by atoms with Crippen LogP contribution in [0.1, 0.15) is 11.1 Å². The van der Waals surface area contributed by atoms with Gasteiger partial charge in [-0.1, -0.05) is 42.5 Å². The highest BCUT2D eigenvalue weighted by molar-refractivity contribution is 7.88. The van der Waals surface area contributed by atoms with Crippen LogP contribution in [-0.4, -0.2) is 40.6 Å². The largest absolute Gasteiger partial charge is 0.492 e. The molecule has 0 aromatic heterocycles. The topological polar surface area (TPSA) is 58.6 Å². The van der Waals surface area contributed by atoms with E-state index in [0.717, 1.165) is 23.4 Å². The summed E-state index contributed by atoms with van der Waals surface area (Å²) in [5, 5.41) is 0. The van der Waals surface area contributed by atoms with E-state index in [4.69, 9.17) is 4.74 Å². The first kappa shape index (κ1) is 18.4. The second kappa shape index (κ2) is 8.82. The van der Waals surface area contributed by atoms with Crippen molar-refractivity contribution < 1.29 is 13.2 Å². The number of nitrogens with one attached hydrogen (secondary N) is 1. The molecule has 0 saturated carbocycles. The number of ether oxygens (including phenoxy) is 1. The van der Waals surface area contributed by atoms with E-state index in [-0.39, 0.29) is 12.3 Å². The van der Waals surface area contributed by atoms with E-state index in [1.807, 2.05) is 56.6 Å². The van der Waals surface area contributed by atoms with Crippen LogP contribution < -0.4 is 9.46 Å². The summed E-state index contributed by atoms with van der Waals surface area (Å²) in [6, 6.07) is 16.6. The molecule has 0 amide bonds. The Morgan fingerprint density at radius 3 is 2.25 bits per heavy atom. The Kier molecular flexibility index (Phi) is 6.78. The van der Waals surface area contributed by atoms with Crippen molar-refractivity contribution in [2.45, 2.75) is 12.3 Å². The lowest BCUT2D eigenvalue weighted by atomic mass is 10.2. The quantitative estimate of drug-likeness (QED) is 0.755. The van der Waals surface area contributed by atoms with Crippen molar-refractivity contribution >= 4 is 10.0 Å². The third-order valence-electron chi connectivity index (χ3n) is 3.43. The van der Waals surface area contributed by atoms with Gasteiger partial charge in [0.1, 0.15) is 12.4 Å². The lowest BCUT2D eigenvalue weighted by Crippen LogP contribution is -2.24. The average Bonchev–Trinajstić information content (AvgIpc) is 2.54. The van der Waals surface area contributed by atoms with Crippen LogP contribution in [0.3, 0.4) is 0 Å². The molecule has 0 heterocycles. The maximum Gasteiger partial charge on any atom is 0.216 e. The summed E-state index contributed by atoms with van der Waals surface area (Å²) in [6.45, 7) is 1.74. The highest BCUT2D eigenvalue weighted by Gasteiger charge is 2.11. The molecule has 0 atom stereocenters. The van der Waals surface area contributed by atoms with Crippen molar-refractivity contribution in [2.75, 3.05) is 27.2 Å². The molecule has 1 N–H and O–H groups in total. The number of likely N-dealkylation sites (N-methyl/N-ethyl adjacent to an activating group) is 1. The van der Waals surface area contributed by atoms with Gasteiger partial charge in [-0.25, -0.2) is 13.1 Å². The summed E-state index contributed by atoms with van der Waals surface area (Å²) < 4.78 is 32.5. The minimum Gasteiger partial charge on any atom is -0.492 e. The zero-order valence-corrected chi connectivity index (χ0v) is 14.9. The van der Waals surface area contributed by atoms with Crippen molar-refractivity contribution in [3.05, 3.63) is 65.7 Å². The second-order valence-electron chi connectivity index (χ2n) is 5.86. The standard InChI is InChI=1S/C18H24N2O3S/c1-20(2)12-13-23-18-10-8-16(9-11-18)14-19-24(21,22)15-17-6-4-3-5-7-17/h3-11,19H,12-15H2,1-2H3. The average molecular weight is 348 g/mol. The van der Waals surface area contributed by atoms with Gasteiger partial charge >= 0.3 is 0 Å². The van der Waals surface area contributed by atoms with Crippen LogP contribution in [0.25, 0.3) is 0 Å². The van der Waals surface area contributed by atoms with E-state index in [9.17, 15) is 8.42 Å². The second-order valence-corrected chi connectivity index (χ2v) is 7.67. The molecule has 0 bridgehead atoms. The van der Waals surface area contributed by atoms with Gasteiger partial charge in [0.05, 0.1) is 5.75 Å². The SMILES string of the molecule is CN(C)CCOc1ccc(CNS(=O)(=O)Cc2ccccc2)cc1. The fourth-order valence-corrected chi connectivity index (χ4v) is 3.21. The van der Waals surface area contributed by atoms with Crippen molar-refractivity contribution in [1.29, 1.82) is 0 Å². The molecule has 2 rings (SSSR count). The van der Waals surface area contributed by atoms with Crippen molar-refractivity contribution in [3.63, 3.8) is 0 Å². The van der Waals surface area contributed by atoms with Crippen molar-refractivity contribution in [2.24, 2.45) is 0 Å². The molecule has 6 heteroatoms. The van der Waals surface area contributed by atoms with Gasteiger partial charge in [0, 0.05) is 13.1 Å². The lowest BCUT2D eigenvalue weighted by Gasteiger charge is -2.11.